The standard InChI is InChI=1S/C23H31N3O5S2/c1-3-32(28,29)21-12-10-19(11-13-21)24-17-23(27)25-20-9-8-18(2)22(16-20)33(30,31)26-14-6-4-5-7-15-26/h8-13,16,24H,3-7,14-15,17H2,1-2H3,(H,25,27). The number of benzene rings is 2. The van der Waals surface area contributed by atoms with Crippen molar-refractivity contribution in [2.45, 2.75) is 49.3 Å². The summed E-state index contributed by atoms with van der Waals surface area (Å²) < 4.78 is 51.7. The smallest absolute Gasteiger partial charge is 0.243 e. The fourth-order valence-electron chi connectivity index (χ4n) is 3.71. The van der Waals surface area contributed by atoms with E-state index in [1.807, 2.05) is 0 Å². The Hall–Kier alpha value is -2.43. The molecule has 0 spiro atoms. The molecule has 0 saturated carbocycles. The van der Waals surface area contributed by atoms with E-state index in [1.54, 1.807) is 38.1 Å². The second-order valence-corrected chi connectivity index (χ2v) is 12.3. The van der Waals surface area contributed by atoms with Gasteiger partial charge in [0.2, 0.25) is 15.9 Å². The predicted molar refractivity (Wildman–Crippen MR) is 130 cm³/mol. The van der Waals surface area contributed by atoms with Crippen molar-refractivity contribution in [3.8, 4) is 0 Å². The zero-order chi connectivity index (χ0) is 24.1. The van der Waals surface area contributed by atoms with Gasteiger partial charge < -0.3 is 10.6 Å². The molecule has 33 heavy (non-hydrogen) atoms. The Kier molecular flexibility index (Phi) is 8.14. The molecular weight excluding hydrogens is 462 g/mol. The number of amides is 1. The van der Waals surface area contributed by atoms with Crippen molar-refractivity contribution < 1.29 is 21.6 Å². The SMILES string of the molecule is CCS(=O)(=O)c1ccc(NCC(=O)Nc2ccc(C)c(S(=O)(=O)N3CCCCCC3)c2)cc1. The van der Waals surface area contributed by atoms with Gasteiger partial charge in [-0.25, -0.2) is 16.8 Å². The lowest BCUT2D eigenvalue weighted by Crippen LogP contribution is -2.32. The third-order valence-electron chi connectivity index (χ3n) is 5.70. The molecule has 1 heterocycles. The first-order valence-corrected chi connectivity index (χ1v) is 14.2. The maximum absolute atomic E-state index is 13.2. The molecule has 2 aromatic carbocycles. The lowest BCUT2D eigenvalue weighted by atomic mass is 10.2. The van der Waals surface area contributed by atoms with E-state index in [1.165, 1.54) is 22.5 Å². The summed E-state index contributed by atoms with van der Waals surface area (Å²) in [4.78, 5) is 12.9. The highest BCUT2D eigenvalue weighted by Gasteiger charge is 2.27. The van der Waals surface area contributed by atoms with Gasteiger partial charge in [0.15, 0.2) is 9.84 Å². The van der Waals surface area contributed by atoms with Crippen LogP contribution in [0.4, 0.5) is 11.4 Å². The first-order valence-electron chi connectivity index (χ1n) is 11.1. The molecule has 1 saturated heterocycles. The number of anilines is 2. The van der Waals surface area contributed by atoms with Crippen LogP contribution in [0.2, 0.25) is 0 Å². The predicted octanol–water partition coefficient (Wildman–Crippen LogP) is 3.40. The van der Waals surface area contributed by atoms with Crippen molar-refractivity contribution in [2.75, 3.05) is 36.0 Å². The van der Waals surface area contributed by atoms with Gasteiger partial charge in [-0.05, 0) is 61.7 Å². The molecule has 0 radical (unpaired) electrons. The fraction of sp³-hybridized carbons (Fsp3) is 0.435. The molecule has 8 nitrogen and oxygen atoms in total. The van der Waals surface area contributed by atoms with E-state index in [4.69, 9.17) is 0 Å². The van der Waals surface area contributed by atoms with Crippen LogP contribution in [0.15, 0.2) is 52.3 Å². The molecule has 1 aliphatic heterocycles. The van der Waals surface area contributed by atoms with Crippen LogP contribution in [0.5, 0.6) is 0 Å². The van der Waals surface area contributed by atoms with E-state index in [-0.39, 0.29) is 28.0 Å². The first-order chi connectivity index (χ1) is 15.6. The first kappa shape index (κ1) is 25.2. The zero-order valence-electron chi connectivity index (χ0n) is 19.0. The molecule has 0 aromatic heterocycles. The molecule has 10 heteroatoms. The third kappa shape index (κ3) is 6.33. The van der Waals surface area contributed by atoms with Crippen LogP contribution < -0.4 is 10.6 Å². The van der Waals surface area contributed by atoms with Crippen molar-refractivity contribution >= 4 is 37.1 Å². The molecule has 1 aliphatic rings. The number of rotatable bonds is 8. The van der Waals surface area contributed by atoms with Crippen LogP contribution in [0.25, 0.3) is 0 Å². The van der Waals surface area contributed by atoms with Gasteiger partial charge in [0.25, 0.3) is 0 Å². The molecule has 2 aromatic rings. The molecule has 1 fully saturated rings. The van der Waals surface area contributed by atoms with Crippen molar-refractivity contribution in [1.29, 1.82) is 0 Å². The lowest BCUT2D eigenvalue weighted by Gasteiger charge is -2.21. The molecule has 0 bridgehead atoms. The number of carbonyl (C=O) groups excluding carboxylic acids is 1. The maximum atomic E-state index is 13.2. The van der Waals surface area contributed by atoms with Crippen molar-refractivity contribution in [1.82, 2.24) is 4.31 Å². The number of sulfonamides is 1. The monoisotopic (exact) mass is 493 g/mol. The fourth-order valence-corrected chi connectivity index (χ4v) is 6.36. The Morgan fingerprint density at radius 2 is 1.52 bits per heavy atom. The molecule has 180 valence electrons. The van der Waals surface area contributed by atoms with Gasteiger partial charge in [0.1, 0.15) is 0 Å². The summed E-state index contributed by atoms with van der Waals surface area (Å²) in [7, 11) is -6.91. The number of hydrogen-bond acceptors (Lipinski definition) is 6. The van der Waals surface area contributed by atoms with Crippen molar-refractivity contribution in [3.63, 3.8) is 0 Å². The lowest BCUT2D eigenvalue weighted by molar-refractivity contribution is -0.114. The van der Waals surface area contributed by atoms with Crippen LogP contribution in [-0.4, -0.2) is 52.4 Å². The van der Waals surface area contributed by atoms with Crippen LogP contribution >= 0.6 is 0 Å². The second-order valence-electron chi connectivity index (χ2n) is 8.13. The van der Waals surface area contributed by atoms with Crippen LogP contribution in [0.3, 0.4) is 0 Å². The topological polar surface area (TPSA) is 113 Å². The Labute approximate surface area is 196 Å². The minimum Gasteiger partial charge on any atom is -0.376 e. The normalized spacial score (nSPS) is 15.6. The molecule has 0 atom stereocenters. The van der Waals surface area contributed by atoms with Crippen molar-refractivity contribution in [2.24, 2.45) is 0 Å². The molecule has 1 amide bonds. The number of hydrogen-bond donors (Lipinski definition) is 2. The summed E-state index contributed by atoms with van der Waals surface area (Å²) >= 11 is 0. The van der Waals surface area contributed by atoms with Crippen LogP contribution in [0, 0.1) is 6.92 Å². The van der Waals surface area contributed by atoms with Gasteiger partial charge in [-0.15, -0.1) is 0 Å². The third-order valence-corrected chi connectivity index (χ3v) is 9.49. The Bertz CT molecular complexity index is 1190. The number of nitrogens with one attached hydrogen (secondary N) is 2. The van der Waals surface area contributed by atoms with Gasteiger partial charge in [0.05, 0.1) is 22.1 Å². The minimum atomic E-state index is -3.63. The Morgan fingerprint density at radius 3 is 2.12 bits per heavy atom. The Morgan fingerprint density at radius 1 is 0.909 bits per heavy atom. The highest BCUT2D eigenvalue weighted by atomic mass is 32.2. The van der Waals surface area contributed by atoms with Crippen molar-refractivity contribution in [3.05, 3.63) is 48.0 Å². The van der Waals surface area contributed by atoms with Crippen LogP contribution in [0.1, 0.15) is 38.2 Å². The number of sulfone groups is 1. The maximum Gasteiger partial charge on any atom is 0.243 e. The van der Waals surface area contributed by atoms with E-state index in [0.717, 1.165) is 25.7 Å². The molecule has 2 N–H and O–H groups in total. The highest BCUT2D eigenvalue weighted by Crippen LogP contribution is 2.26. The van der Waals surface area contributed by atoms with Gasteiger partial charge in [-0.2, -0.15) is 4.31 Å². The van der Waals surface area contributed by atoms with Gasteiger partial charge in [-0.3, -0.25) is 4.79 Å². The Balaban J connectivity index is 1.66. The summed E-state index contributed by atoms with van der Waals surface area (Å²) in [5.74, 6) is -0.323. The van der Waals surface area contributed by atoms with Gasteiger partial charge in [0, 0.05) is 24.5 Å². The van der Waals surface area contributed by atoms with E-state index >= 15 is 0 Å². The number of carbonyl (C=O) groups is 1. The second kappa shape index (κ2) is 10.7. The minimum absolute atomic E-state index is 0.0220. The van der Waals surface area contributed by atoms with E-state index in [2.05, 4.69) is 10.6 Å². The quantitative estimate of drug-likeness (QED) is 0.583. The summed E-state index contributed by atoms with van der Waals surface area (Å²) in [5.41, 5.74) is 1.65. The number of nitrogens with zero attached hydrogens (tertiary/aromatic N) is 1. The largest absolute Gasteiger partial charge is 0.376 e. The summed E-state index contributed by atoms with van der Waals surface area (Å²) in [6.07, 6.45) is 3.77. The molecule has 3 rings (SSSR count). The van der Waals surface area contributed by atoms with Gasteiger partial charge in [-0.1, -0.05) is 25.8 Å². The molecule has 0 unspecified atom stereocenters. The van der Waals surface area contributed by atoms with E-state index in [0.29, 0.717) is 30.0 Å². The summed E-state index contributed by atoms with van der Waals surface area (Å²) in [6.45, 7) is 4.31. The summed E-state index contributed by atoms with van der Waals surface area (Å²) in [5, 5.41) is 5.67. The van der Waals surface area contributed by atoms with Crippen LogP contribution in [-0.2, 0) is 24.7 Å². The van der Waals surface area contributed by atoms with E-state index < -0.39 is 19.9 Å². The average Bonchev–Trinajstić information content (AvgIpc) is 3.09. The van der Waals surface area contributed by atoms with Gasteiger partial charge >= 0.3 is 0 Å². The summed E-state index contributed by atoms with van der Waals surface area (Å²) in [6, 6.07) is 11.1. The number of aryl methyl sites for hydroxylation is 1. The average molecular weight is 494 g/mol. The highest BCUT2D eigenvalue weighted by molar-refractivity contribution is 7.91. The van der Waals surface area contributed by atoms with E-state index in [9.17, 15) is 21.6 Å². The molecular formula is C23H31N3O5S2. The zero-order valence-corrected chi connectivity index (χ0v) is 20.6. The molecule has 0 aliphatic carbocycles.